The molecule has 0 atom stereocenters. The number of benzene rings is 1. The van der Waals surface area contributed by atoms with Gasteiger partial charge in [0, 0.05) is 23.1 Å². The van der Waals surface area contributed by atoms with Gasteiger partial charge in [-0.05, 0) is 11.4 Å². The Kier molecular flexibility index (Phi) is 4.94. The maximum atomic E-state index is 5.35. The Labute approximate surface area is 158 Å². The van der Waals surface area contributed by atoms with Crippen LogP contribution in [0.15, 0.2) is 69.5 Å². The molecule has 0 aliphatic rings. The van der Waals surface area contributed by atoms with Gasteiger partial charge in [-0.1, -0.05) is 53.3 Å². The molecule has 4 aromatic rings. The van der Waals surface area contributed by atoms with Gasteiger partial charge in [0.05, 0.1) is 5.75 Å². The van der Waals surface area contributed by atoms with Crippen LogP contribution in [0.2, 0.25) is 0 Å². The molecule has 0 aliphatic carbocycles. The Morgan fingerprint density at radius 1 is 1.15 bits per heavy atom. The van der Waals surface area contributed by atoms with Crippen molar-refractivity contribution >= 4 is 23.1 Å². The Morgan fingerprint density at radius 2 is 2.04 bits per heavy atom. The van der Waals surface area contributed by atoms with Crippen molar-refractivity contribution in [3.8, 4) is 22.8 Å². The zero-order valence-electron chi connectivity index (χ0n) is 13.8. The van der Waals surface area contributed by atoms with Gasteiger partial charge in [-0.25, -0.2) is 0 Å². The largest absolute Gasteiger partial charge is 0.338 e. The van der Waals surface area contributed by atoms with Gasteiger partial charge < -0.3 is 4.52 Å². The summed E-state index contributed by atoms with van der Waals surface area (Å²) in [7, 11) is 0. The van der Waals surface area contributed by atoms with Crippen LogP contribution >= 0.6 is 23.1 Å². The highest BCUT2D eigenvalue weighted by atomic mass is 32.2. The van der Waals surface area contributed by atoms with Gasteiger partial charge >= 0.3 is 0 Å². The topological polar surface area (TPSA) is 69.6 Å². The molecular weight excluding hydrogens is 366 g/mol. The van der Waals surface area contributed by atoms with Gasteiger partial charge in [-0.3, -0.25) is 4.57 Å². The van der Waals surface area contributed by atoms with E-state index < -0.39 is 0 Å². The molecule has 8 heteroatoms. The molecule has 0 bridgehead atoms. The Hall–Kier alpha value is -2.71. The van der Waals surface area contributed by atoms with Crippen molar-refractivity contribution in [1.82, 2.24) is 24.9 Å². The van der Waals surface area contributed by atoms with Crippen LogP contribution in [0.25, 0.3) is 22.8 Å². The number of hydrogen-bond donors (Lipinski definition) is 0. The second kappa shape index (κ2) is 7.67. The van der Waals surface area contributed by atoms with Gasteiger partial charge in [0.25, 0.3) is 0 Å². The van der Waals surface area contributed by atoms with E-state index in [1.807, 2.05) is 57.8 Å². The lowest BCUT2D eigenvalue weighted by Crippen LogP contribution is -2.00. The summed E-state index contributed by atoms with van der Waals surface area (Å²) < 4.78 is 7.38. The Bertz CT molecular complexity index is 992. The van der Waals surface area contributed by atoms with Crippen LogP contribution in [-0.2, 0) is 12.3 Å². The molecular formula is C18H15N5OS2. The quantitative estimate of drug-likeness (QED) is 0.346. The van der Waals surface area contributed by atoms with E-state index in [-0.39, 0.29) is 0 Å². The fourth-order valence-electron chi connectivity index (χ4n) is 2.44. The number of allylic oxidation sites excluding steroid dienone is 1. The van der Waals surface area contributed by atoms with Crippen LogP contribution in [0, 0.1) is 0 Å². The fraction of sp³-hybridized carbons (Fsp3) is 0.111. The van der Waals surface area contributed by atoms with Gasteiger partial charge in [0.1, 0.15) is 0 Å². The average molecular weight is 381 g/mol. The van der Waals surface area contributed by atoms with Crippen LogP contribution < -0.4 is 0 Å². The van der Waals surface area contributed by atoms with Crippen molar-refractivity contribution in [1.29, 1.82) is 0 Å². The first kappa shape index (κ1) is 16.7. The molecule has 0 saturated heterocycles. The van der Waals surface area contributed by atoms with Crippen molar-refractivity contribution in [2.24, 2.45) is 0 Å². The zero-order valence-corrected chi connectivity index (χ0v) is 15.4. The molecule has 4 rings (SSSR count). The SMILES string of the molecule is C=CCn1c(SCc2nc(-c3ccsc3)no2)nnc1-c1ccccc1. The van der Waals surface area contributed by atoms with Crippen molar-refractivity contribution in [3.05, 3.63) is 65.7 Å². The number of rotatable bonds is 7. The van der Waals surface area contributed by atoms with E-state index in [0.717, 1.165) is 22.1 Å². The Morgan fingerprint density at radius 3 is 2.81 bits per heavy atom. The summed E-state index contributed by atoms with van der Waals surface area (Å²) in [6.45, 7) is 4.46. The molecule has 26 heavy (non-hydrogen) atoms. The van der Waals surface area contributed by atoms with E-state index in [4.69, 9.17) is 4.52 Å². The summed E-state index contributed by atoms with van der Waals surface area (Å²) >= 11 is 3.12. The molecule has 0 saturated carbocycles. The molecule has 6 nitrogen and oxygen atoms in total. The van der Waals surface area contributed by atoms with Crippen LogP contribution in [0.1, 0.15) is 5.89 Å². The summed E-state index contributed by atoms with van der Waals surface area (Å²) in [4.78, 5) is 4.44. The van der Waals surface area contributed by atoms with Crippen LogP contribution in [0.3, 0.4) is 0 Å². The summed E-state index contributed by atoms with van der Waals surface area (Å²) in [5.41, 5.74) is 1.99. The second-order valence-electron chi connectivity index (χ2n) is 5.38. The predicted molar refractivity (Wildman–Crippen MR) is 103 cm³/mol. The van der Waals surface area contributed by atoms with Crippen molar-refractivity contribution < 1.29 is 4.52 Å². The van der Waals surface area contributed by atoms with Gasteiger partial charge in [-0.15, -0.1) is 16.8 Å². The molecule has 0 aliphatic heterocycles. The number of aromatic nitrogens is 5. The highest BCUT2D eigenvalue weighted by Crippen LogP contribution is 2.27. The first-order valence-electron chi connectivity index (χ1n) is 7.92. The molecule has 0 fully saturated rings. The maximum absolute atomic E-state index is 5.35. The highest BCUT2D eigenvalue weighted by molar-refractivity contribution is 7.98. The summed E-state index contributed by atoms with van der Waals surface area (Å²) in [5.74, 6) is 2.52. The number of hydrogen-bond acceptors (Lipinski definition) is 7. The van der Waals surface area contributed by atoms with E-state index >= 15 is 0 Å². The third-order valence-electron chi connectivity index (χ3n) is 3.63. The standard InChI is InChI=1S/C18H15N5OS2/c1-2-9-23-17(13-6-4-3-5-7-13)20-21-18(23)26-12-15-19-16(22-24-15)14-8-10-25-11-14/h2-8,10-11H,1,9,12H2. The highest BCUT2D eigenvalue weighted by Gasteiger charge is 2.15. The fourth-order valence-corrected chi connectivity index (χ4v) is 3.86. The summed E-state index contributed by atoms with van der Waals surface area (Å²) in [6, 6.07) is 12.0. The lowest BCUT2D eigenvalue weighted by molar-refractivity contribution is 0.391. The van der Waals surface area contributed by atoms with E-state index in [2.05, 4.69) is 26.9 Å². The number of thioether (sulfide) groups is 1. The third kappa shape index (κ3) is 3.47. The first-order chi connectivity index (χ1) is 12.8. The minimum absolute atomic E-state index is 0.529. The minimum Gasteiger partial charge on any atom is -0.338 e. The monoisotopic (exact) mass is 381 g/mol. The first-order valence-corrected chi connectivity index (χ1v) is 9.85. The van der Waals surface area contributed by atoms with Gasteiger partial charge in [0.15, 0.2) is 11.0 Å². The molecule has 0 unspecified atom stereocenters. The van der Waals surface area contributed by atoms with Gasteiger partial charge in [0.2, 0.25) is 11.7 Å². The lowest BCUT2D eigenvalue weighted by Gasteiger charge is -2.06. The minimum atomic E-state index is 0.529. The smallest absolute Gasteiger partial charge is 0.237 e. The molecule has 1 aromatic carbocycles. The molecule has 0 spiro atoms. The van der Waals surface area contributed by atoms with Crippen LogP contribution in [-0.4, -0.2) is 24.9 Å². The maximum Gasteiger partial charge on any atom is 0.237 e. The Balaban J connectivity index is 1.53. The van der Waals surface area contributed by atoms with Crippen LogP contribution in [0.5, 0.6) is 0 Å². The number of thiophene rings is 1. The van der Waals surface area contributed by atoms with E-state index in [0.29, 0.717) is 24.0 Å². The van der Waals surface area contributed by atoms with Crippen molar-refractivity contribution in [2.75, 3.05) is 0 Å². The van der Waals surface area contributed by atoms with Crippen molar-refractivity contribution in [2.45, 2.75) is 17.5 Å². The second-order valence-corrected chi connectivity index (χ2v) is 7.11. The number of nitrogens with zero attached hydrogens (tertiary/aromatic N) is 5. The molecule has 130 valence electrons. The molecule has 0 N–H and O–H groups in total. The van der Waals surface area contributed by atoms with E-state index in [1.54, 1.807) is 11.3 Å². The average Bonchev–Trinajstić information content (AvgIpc) is 3.42. The molecule has 3 aromatic heterocycles. The lowest BCUT2D eigenvalue weighted by atomic mass is 10.2. The normalized spacial score (nSPS) is 10.9. The third-order valence-corrected chi connectivity index (χ3v) is 5.27. The van der Waals surface area contributed by atoms with Crippen LogP contribution in [0.4, 0.5) is 0 Å². The van der Waals surface area contributed by atoms with E-state index in [9.17, 15) is 0 Å². The molecule has 0 amide bonds. The molecule has 0 radical (unpaired) electrons. The molecule has 3 heterocycles. The summed E-state index contributed by atoms with van der Waals surface area (Å²) in [6.07, 6.45) is 1.83. The zero-order chi connectivity index (χ0) is 17.8. The predicted octanol–water partition coefficient (Wildman–Crippen LogP) is 4.53. The van der Waals surface area contributed by atoms with Gasteiger partial charge in [-0.2, -0.15) is 16.3 Å². The van der Waals surface area contributed by atoms with Crippen molar-refractivity contribution in [3.63, 3.8) is 0 Å². The van der Waals surface area contributed by atoms with E-state index in [1.165, 1.54) is 11.8 Å². The summed E-state index contributed by atoms with van der Waals surface area (Å²) in [5, 5.41) is 17.5.